The van der Waals surface area contributed by atoms with E-state index in [-0.39, 0.29) is 24.6 Å². The zero-order valence-electron chi connectivity index (χ0n) is 11.9. The van der Waals surface area contributed by atoms with Crippen LogP contribution in [-0.2, 0) is 6.54 Å². The SMILES string of the molecule is O=C(NCCn1nc(-c2ccco2)ccc1=O)c1ccc(Cl)s1. The Bertz CT molecular complexity index is 870. The van der Waals surface area contributed by atoms with E-state index in [1.54, 1.807) is 36.6 Å². The quantitative estimate of drug-likeness (QED) is 0.768. The van der Waals surface area contributed by atoms with E-state index in [4.69, 9.17) is 16.0 Å². The van der Waals surface area contributed by atoms with E-state index in [1.807, 2.05) is 0 Å². The Morgan fingerprint density at radius 3 is 2.87 bits per heavy atom. The average molecular weight is 350 g/mol. The van der Waals surface area contributed by atoms with Gasteiger partial charge < -0.3 is 9.73 Å². The van der Waals surface area contributed by atoms with Crippen molar-refractivity contribution >= 4 is 28.8 Å². The van der Waals surface area contributed by atoms with Crippen molar-refractivity contribution in [2.75, 3.05) is 6.54 Å². The Hall–Kier alpha value is -2.38. The molecule has 0 atom stereocenters. The van der Waals surface area contributed by atoms with Gasteiger partial charge in [-0.15, -0.1) is 11.3 Å². The van der Waals surface area contributed by atoms with Crippen LogP contribution in [0.15, 0.2) is 51.9 Å². The zero-order valence-corrected chi connectivity index (χ0v) is 13.4. The Labute approximate surface area is 140 Å². The maximum Gasteiger partial charge on any atom is 0.266 e. The largest absolute Gasteiger partial charge is 0.463 e. The van der Waals surface area contributed by atoms with Gasteiger partial charge in [0.05, 0.1) is 22.0 Å². The number of amides is 1. The summed E-state index contributed by atoms with van der Waals surface area (Å²) in [7, 11) is 0. The van der Waals surface area contributed by atoms with Gasteiger partial charge in [-0.25, -0.2) is 4.68 Å². The molecule has 1 amide bonds. The summed E-state index contributed by atoms with van der Waals surface area (Å²) in [6.07, 6.45) is 1.54. The highest BCUT2D eigenvalue weighted by Crippen LogP contribution is 2.21. The van der Waals surface area contributed by atoms with Crippen LogP contribution >= 0.6 is 22.9 Å². The summed E-state index contributed by atoms with van der Waals surface area (Å²) in [5.41, 5.74) is 0.319. The number of carbonyl (C=O) groups excluding carboxylic acids is 1. The normalized spacial score (nSPS) is 10.7. The van der Waals surface area contributed by atoms with E-state index >= 15 is 0 Å². The van der Waals surface area contributed by atoms with Crippen LogP contribution in [0, 0.1) is 0 Å². The van der Waals surface area contributed by atoms with Crippen LogP contribution < -0.4 is 10.9 Å². The second-order valence-corrected chi connectivity index (χ2v) is 6.33. The first kappa shape index (κ1) is 15.5. The van der Waals surface area contributed by atoms with Crippen molar-refractivity contribution in [3.63, 3.8) is 0 Å². The smallest absolute Gasteiger partial charge is 0.266 e. The van der Waals surface area contributed by atoms with Gasteiger partial charge in [-0.05, 0) is 30.3 Å². The highest BCUT2D eigenvalue weighted by Gasteiger charge is 2.09. The molecule has 3 aromatic heterocycles. The van der Waals surface area contributed by atoms with Crippen molar-refractivity contribution in [3.05, 3.63) is 62.2 Å². The lowest BCUT2D eigenvalue weighted by atomic mass is 10.3. The third kappa shape index (κ3) is 3.69. The van der Waals surface area contributed by atoms with Gasteiger partial charge in [0.25, 0.3) is 11.5 Å². The molecule has 23 heavy (non-hydrogen) atoms. The van der Waals surface area contributed by atoms with E-state index in [0.29, 0.717) is 20.7 Å². The summed E-state index contributed by atoms with van der Waals surface area (Å²) in [5.74, 6) is 0.355. The molecule has 0 spiro atoms. The van der Waals surface area contributed by atoms with Gasteiger partial charge in [-0.3, -0.25) is 9.59 Å². The minimum Gasteiger partial charge on any atom is -0.463 e. The fourth-order valence-corrected chi connectivity index (χ4v) is 2.92. The molecule has 0 saturated carbocycles. The third-order valence-electron chi connectivity index (χ3n) is 3.05. The summed E-state index contributed by atoms with van der Waals surface area (Å²) in [6, 6.07) is 9.86. The van der Waals surface area contributed by atoms with Crippen LogP contribution in [0.3, 0.4) is 0 Å². The minimum atomic E-state index is -0.242. The van der Waals surface area contributed by atoms with Crippen molar-refractivity contribution in [3.8, 4) is 11.5 Å². The first-order valence-corrected chi connectivity index (χ1v) is 7.98. The summed E-state index contributed by atoms with van der Waals surface area (Å²) in [6.45, 7) is 0.543. The van der Waals surface area contributed by atoms with E-state index in [1.165, 1.54) is 22.1 Å². The van der Waals surface area contributed by atoms with Crippen molar-refractivity contribution in [2.24, 2.45) is 0 Å². The van der Waals surface area contributed by atoms with E-state index < -0.39 is 0 Å². The molecule has 118 valence electrons. The van der Waals surface area contributed by atoms with Crippen LogP contribution in [0.5, 0.6) is 0 Å². The fourth-order valence-electron chi connectivity index (χ4n) is 1.96. The molecule has 3 heterocycles. The lowest BCUT2D eigenvalue weighted by molar-refractivity contribution is 0.0956. The summed E-state index contributed by atoms with van der Waals surface area (Å²) < 4.78 is 7.10. The molecule has 0 aromatic carbocycles. The van der Waals surface area contributed by atoms with Crippen LogP contribution in [0.4, 0.5) is 0 Å². The average Bonchev–Trinajstić information content (AvgIpc) is 3.20. The Kier molecular flexibility index (Phi) is 4.59. The maximum atomic E-state index is 11.9. The number of aromatic nitrogens is 2. The standard InChI is InChI=1S/C15H12ClN3O3S/c16-13-5-4-12(23-13)15(21)17-7-8-19-14(20)6-3-10(18-19)11-2-1-9-22-11/h1-6,9H,7-8H2,(H,17,21). The van der Waals surface area contributed by atoms with Gasteiger partial charge in [0.15, 0.2) is 5.76 Å². The van der Waals surface area contributed by atoms with E-state index in [2.05, 4.69) is 10.4 Å². The highest BCUT2D eigenvalue weighted by molar-refractivity contribution is 7.17. The molecule has 0 fully saturated rings. The second kappa shape index (κ2) is 6.80. The molecule has 0 radical (unpaired) electrons. The van der Waals surface area contributed by atoms with Crippen molar-refractivity contribution in [2.45, 2.75) is 6.54 Å². The van der Waals surface area contributed by atoms with Crippen LogP contribution in [0.1, 0.15) is 9.67 Å². The molecular formula is C15H12ClN3O3S. The molecule has 8 heteroatoms. The molecule has 6 nitrogen and oxygen atoms in total. The maximum absolute atomic E-state index is 11.9. The topological polar surface area (TPSA) is 77.1 Å². The van der Waals surface area contributed by atoms with Crippen molar-refractivity contribution < 1.29 is 9.21 Å². The number of carbonyl (C=O) groups is 1. The van der Waals surface area contributed by atoms with Crippen LogP contribution in [-0.4, -0.2) is 22.2 Å². The summed E-state index contributed by atoms with van der Waals surface area (Å²) in [5, 5.41) is 6.96. The predicted molar refractivity (Wildman–Crippen MR) is 87.9 cm³/mol. The lowest BCUT2D eigenvalue weighted by Gasteiger charge is -2.07. The Morgan fingerprint density at radius 2 is 2.17 bits per heavy atom. The summed E-state index contributed by atoms with van der Waals surface area (Å²) >= 11 is 7.00. The zero-order chi connectivity index (χ0) is 16.2. The van der Waals surface area contributed by atoms with E-state index in [9.17, 15) is 9.59 Å². The van der Waals surface area contributed by atoms with Gasteiger partial charge >= 0.3 is 0 Å². The van der Waals surface area contributed by atoms with Crippen LogP contribution in [0.2, 0.25) is 4.34 Å². The molecule has 1 N–H and O–H groups in total. The molecule has 0 unspecified atom stereocenters. The number of nitrogens with one attached hydrogen (secondary N) is 1. The monoisotopic (exact) mass is 349 g/mol. The third-order valence-corrected chi connectivity index (χ3v) is 4.28. The number of nitrogens with zero attached hydrogens (tertiary/aromatic N) is 2. The minimum absolute atomic E-state index is 0.225. The van der Waals surface area contributed by atoms with E-state index in [0.717, 1.165) is 0 Å². The molecular weight excluding hydrogens is 338 g/mol. The van der Waals surface area contributed by atoms with Crippen LogP contribution in [0.25, 0.3) is 11.5 Å². The number of thiophene rings is 1. The molecule has 3 rings (SSSR count). The van der Waals surface area contributed by atoms with Gasteiger partial charge in [0.1, 0.15) is 5.69 Å². The number of furan rings is 1. The molecule has 3 aromatic rings. The summed E-state index contributed by atoms with van der Waals surface area (Å²) in [4.78, 5) is 24.3. The second-order valence-electron chi connectivity index (χ2n) is 4.62. The highest BCUT2D eigenvalue weighted by atomic mass is 35.5. The number of rotatable bonds is 5. The molecule has 0 bridgehead atoms. The van der Waals surface area contributed by atoms with Gasteiger partial charge in [-0.2, -0.15) is 5.10 Å². The van der Waals surface area contributed by atoms with Crippen molar-refractivity contribution in [1.29, 1.82) is 0 Å². The predicted octanol–water partition coefficient (Wildman–Crippen LogP) is 2.65. The lowest BCUT2D eigenvalue weighted by Crippen LogP contribution is -2.31. The molecule has 0 aliphatic carbocycles. The first-order chi connectivity index (χ1) is 11.1. The van der Waals surface area contributed by atoms with Gasteiger partial charge in [0, 0.05) is 12.6 Å². The molecule has 0 saturated heterocycles. The van der Waals surface area contributed by atoms with Crippen molar-refractivity contribution in [1.82, 2.24) is 15.1 Å². The Morgan fingerprint density at radius 1 is 1.30 bits per heavy atom. The first-order valence-electron chi connectivity index (χ1n) is 6.79. The number of hydrogen-bond acceptors (Lipinski definition) is 5. The number of hydrogen-bond donors (Lipinski definition) is 1. The molecule has 0 aliphatic heterocycles. The fraction of sp³-hybridized carbons (Fsp3) is 0.133. The Balaban J connectivity index is 1.65. The van der Waals surface area contributed by atoms with Gasteiger partial charge in [-0.1, -0.05) is 11.6 Å². The molecule has 0 aliphatic rings. The van der Waals surface area contributed by atoms with Gasteiger partial charge in [0.2, 0.25) is 0 Å². The number of halogens is 1.